The largest absolute Gasteiger partial charge is 0.390 e. The second-order valence-electron chi connectivity index (χ2n) is 8.56. The average molecular weight is 497 g/mol. The van der Waals surface area contributed by atoms with Gasteiger partial charge in [-0.2, -0.15) is 4.31 Å². The Labute approximate surface area is 196 Å². The third-order valence-electron chi connectivity index (χ3n) is 5.80. The summed E-state index contributed by atoms with van der Waals surface area (Å²) >= 11 is 6.34. The molecule has 178 valence electrons. The molecule has 2 N–H and O–H groups in total. The van der Waals surface area contributed by atoms with Crippen LogP contribution in [-0.2, 0) is 10.0 Å². The first-order chi connectivity index (χ1) is 15.5. The number of β-amino-alcohol motifs (C(OH)–C–C–N with tert-alkyl or cyclic N) is 1. The highest BCUT2D eigenvalue weighted by Crippen LogP contribution is 2.33. The number of aryl methyl sites for hydroxylation is 1. The molecule has 1 aromatic carbocycles. The van der Waals surface area contributed by atoms with Crippen LogP contribution in [0.3, 0.4) is 0 Å². The van der Waals surface area contributed by atoms with Crippen LogP contribution in [0.2, 0.25) is 5.02 Å². The molecule has 0 spiro atoms. The fourth-order valence-electron chi connectivity index (χ4n) is 4.23. The lowest BCUT2D eigenvalue weighted by Crippen LogP contribution is -2.51. The SMILES string of the molecule is Cc1nc2cc(F)c(-c3nc(N[C@H]4CCN(S(C)(=O)=O)C[C@@H]4O)ncc3Cl)cc2n1C(C)C. The van der Waals surface area contributed by atoms with Crippen molar-refractivity contribution in [2.45, 2.75) is 45.4 Å². The Morgan fingerprint density at radius 2 is 2.03 bits per heavy atom. The van der Waals surface area contributed by atoms with Crippen LogP contribution in [0.15, 0.2) is 18.3 Å². The van der Waals surface area contributed by atoms with Crippen LogP contribution < -0.4 is 5.32 Å². The Hall–Kier alpha value is -2.34. The third kappa shape index (κ3) is 4.68. The van der Waals surface area contributed by atoms with Crippen molar-refractivity contribution in [3.05, 3.63) is 35.0 Å². The molecule has 1 aliphatic heterocycles. The Morgan fingerprint density at radius 1 is 1.30 bits per heavy atom. The zero-order valence-electron chi connectivity index (χ0n) is 18.7. The van der Waals surface area contributed by atoms with Gasteiger partial charge < -0.3 is 15.0 Å². The number of aliphatic hydroxyl groups is 1. The molecule has 0 aliphatic carbocycles. The number of halogens is 2. The maximum atomic E-state index is 15.0. The van der Waals surface area contributed by atoms with Gasteiger partial charge in [0.25, 0.3) is 0 Å². The van der Waals surface area contributed by atoms with Gasteiger partial charge in [-0.3, -0.25) is 0 Å². The first-order valence-electron chi connectivity index (χ1n) is 10.6. The Bertz CT molecular complexity index is 1310. The lowest BCUT2D eigenvalue weighted by Gasteiger charge is -2.34. The van der Waals surface area contributed by atoms with Crippen molar-refractivity contribution < 1.29 is 17.9 Å². The van der Waals surface area contributed by atoms with Gasteiger partial charge in [0.05, 0.1) is 46.3 Å². The van der Waals surface area contributed by atoms with E-state index in [4.69, 9.17) is 11.6 Å². The molecule has 0 amide bonds. The first-order valence-corrected chi connectivity index (χ1v) is 12.8. The fraction of sp³-hybridized carbons (Fsp3) is 0.476. The van der Waals surface area contributed by atoms with Gasteiger partial charge in [-0.15, -0.1) is 0 Å². The Morgan fingerprint density at radius 3 is 2.67 bits per heavy atom. The van der Waals surface area contributed by atoms with E-state index in [-0.39, 0.29) is 41.4 Å². The van der Waals surface area contributed by atoms with Crippen molar-refractivity contribution in [1.29, 1.82) is 0 Å². The number of rotatable bonds is 5. The van der Waals surface area contributed by atoms with Crippen LogP contribution in [-0.4, -0.2) is 68.8 Å². The number of benzene rings is 1. The highest BCUT2D eigenvalue weighted by molar-refractivity contribution is 7.88. The van der Waals surface area contributed by atoms with E-state index in [0.29, 0.717) is 11.9 Å². The summed E-state index contributed by atoms with van der Waals surface area (Å²) in [5.74, 6) is 0.436. The number of aliphatic hydroxyl groups excluding tert-OH is 1. The number of imidazole rings is 1. The summed E-state index contributed by atoms with van der Waals surface area (Å²) in [6, 6.07) is 2.72. The average Bonchev–Trinajstić information content (AvgIpc) is 3.04. The van der Waals surface area contributed by atoms with E-state index in [1.165, 1.54) is 16.6 Å². The highest BCUT2D eigenvalue weighted by Gasteiger charge is 2.32. The minimum absolute atomic E-state index is 0.0270. The van der Waals surface area contributed by atoms with E-state index >= 15 is 4.39 Å². The molecule has 12 heteroatoms. The maximum Gasteiger partial charge on any atom is 0.223 e. The summed E-state index contributed by atoms with van der Waals surface area (Å²) in [5.41, 5.74) is 1.75. The van der Waals surface area contributed by atoms with E-state index in [0.717, 1.165) is 17.6 Å². The lowest BCUT2D eigenvalue weighted by atomic mass is 10.0. The molecule has 2 aromatic heterocycles. The van der Waals surface area contributed by atoms with Crippen molar-refractivity contribution >= 4 is 38.6 Å². The first kappa shape index (κ1) is 23.8. The maximum absolute atomic E-state index is 15.0. The number of piperidine rings is 1. The summed E-state index contributed by atoms with van der Waals surface area (Å²) in [6.07, 6.45) is 1.90. The molecule has 0 bridgehead atoms. The molecule has 0 unspecified atom stereocenters. The number of hydrogen-bond donors (Lipinski definition) is 2. The summed E-state index contributed by atoms with van der Waals surface area (Å²) in [4.78, 5) is 13.0. The molecule has 1 fully saturated rings. The van der Waals surface area contributed by atoms with Crippen molar-refractivity contribution in [1.82, 2.24) is 23.8 Å². The van der Waals surface area contributed by atoms with E-state index < -0.39 is 28.0 Å². The monoisotopic (exact) mass is 496 g/mol. The number of aromatic nitrogens is 4. The molecule has 3 aromatic rings. The fourth-order valence-corrected chi connectivity index (χ4v) is 5.29. The third-order valence-corrected chi connectivity index (χ3v) is 7.34. The summed E-state index contributed by atoms with van der Waals surface area (Å²) in [7, 11) is -3.39. The Kier molecular flexibility index (Phi) is 6.34. The van der Waals surface area contributed by atoms with E-state index in [1.54, 1.807) is 6.07 Å². The summed E-state index contributed by atoms with van der Waals surface area (Å²) in [6.45, 7) is 6.16. The topological polar surface area (TPSA) is 113 Å². The number of nitrogens with zero attached hydrogens (tertiary/aromatic N) is 5. The molecular weight excluding hydrogens is 471 g/mol. The second kappa shape index (κ2) is 8.79. The van der Waals surface area contributed by atoms with E-state index in [9.17, 15) is 13.5 Å². The molecule has 4 rings (SSSR count). The molecule has 1 saturated heterocycles. The van der Waals surface area contributed by atoms with Crippen LogP contribution in [0.1, 0.15) is 32.1 Å². The zero-order valence-corrected chi connectivity index (χ0v) is 20.3. The van der Waals surface area contributed by atoms with Crippen molar-refractivity contribution in [3.63, 3.8) is 0 Å². The van der Waals surface area contributed by atoms with E-state index in [2.05, 4.69) is 20.3 Å². The standard InChI is InChI=1S/C21H26ClFN6O3S/c1-11(2)29-12(3)25-17-8-15(23)13(7-18(17)29)20-14(22)9-24-21(27-20)26-16-5-6-28(10-19(16)30)33(4,31)32/h7-9,11,16,19,30H,5-6,10H2,1-4H3,(H,24,26,27)/t16-,19-/m0/s1. The van der Waals surface area contributed by atoms with Crippen LogP contribution >= 0.6 is 11.6 Å². The van der Waals surface area contributed by atoms with Crippen molar-refractivity contribution in [3.8, 4) is 11.3 Å². The van der Waals surface area contributed by atoms with Crippen molar-refractivity contribution in [2.24, 2.45) is 0 Å². The molecule has 1 aliphatic rings. The summed E-state index contributed by atoms with van der Waals surface area (Å²) < 4.78 is 41.8. The number of nitrogens with one attached hydrogen (secondary N) is 1. The quantitative estimate of drug-likeness (QED) is 0.558. The summed E-state index contributed by atoms with van der Waals surface area (Å²) in [5, 5.41) is 13.6. The highest BCUT2D eigenvalue weighted by atomic mass is 35.5. The number of fused-ring (bicyclic) bond motifs is 1. The van der Waals surface area contributed by atoms with Gasteiger partial charge in [-0.1, -0.05) is 11.6 Å². The van der Waals surface area contributed by atoms with Crippen LogP contribution in [0.4, 0.5) is 10.3 Å². The second-order valence-corrected chi connectivity index (χ2v) is 11.0. The van der Waals surface area contributed by atoms with Gasteiger partial charge in [-0.25, -0.2) is 27.8 Å². The lowest BCUT2D eigenvalue weighted by molar-refractivity contribution is 0.0950. The van der Waals surface area contributed by atoms with Gasteiger partial charge in [0, 0.05) is 30.8 Å². The Balaban J connectivity index is 1.66. The zero-order chi connectivity index (χ0) is 24.1. The molecule has 0 saturated carbocycles. The van der Waals surface area contributed by atoms with Crippen molar-refractivity contribution in [2.75, 3.05) is 24.7 Å². The van der Waals surface area contributed by atoms with Gasteiger partial charge in [0.1, 0.15) is 11.6 Å². The van der Waals surface area contributed by atoms with E-state index in [1.807, 2.05) is 25.3 Å². The molecule has 9 nitrogen and oxygen atoms in total. The van der Waals surface area contributed by atoms with Gasteiger partial charge in [-0.05, 0) is 33.3 Å². The predicted octanol–water partition coefficient (Wildman–Crippen LogP) is 2.98. The van der Waals surface area contributed by atoms with Gasteiger partial charge >= 0.3 is 0 Å². The molecule has 2 atom stereocenters. The predicted molar refractivity (Wildman–Crippen MR) is 125 cm³/mol. The van der Waals surface area contributed by atoms with Crippen LogP contribution in [0.5, 0.6) is 0 Å². The number of sulfonamides is 1. The van der Waals surface area contributed by atoms with Crippen LogP contribution in [0, 0.1) is 12.7 Å². The minimum Gasteiger partial charge on any atom is -0.390 e. The van der Waals surface area contributed by atoms with Gasteiger partial charge in [0.15, 0.2) is 0 Å². The minimum atomic E-state index is -3.39. The van der Waals surface area contributed by atoms with Gasteiger partial charge in [0.2, 0.25) is 16.0 Å². The molecule has 0 radical (unpaired) electrons. The number of hydrogen-bond acceptors (Lipinski definition) is 7. The number of anilines is 1. The molecule has 3 heterocycles. The van der Waals surface area contributed by atoms with Crippen LogP contribution in [0.25, 0.3) is 22.3 Å². The smallest absolute Gasteiger partial charge is 0.223 e. The molecular formula is C21H26ClFN6O3S. The normalized spacial score (nSPS) is 20.0. The molecule has 33 heavy (non-hydrogen) atoms.